The molecule has 6 nitrogen and oxygen atoms in total. The minimum Gasteiger partial charge on any atom is -0.449 e. The monoisotopic (exact) mass is 356 g/mol. The zero-order chi connectivity index (χ0) is 18.1. The maximum Gasteiger partial charge on any atom is 0.261 e. The lowest BCUT2D eigenvalue weighted by Crippen LogP contribution is -2.36. The molecular weight excluding hydrogens is 335 g/mol. The van der Waals surface area contributed by atoms with E-state index in [9.17, 15) is 9.18 Å². The van der Waals surface area contributed by atoms with Gasteiger partial charge in [-0.3, -0.25) is 14.3 Å². The second-order valence-corrected chi connectivity index (χ2v) is 6.94. The van der Waals surface area contributed by atoms with Crippen LogP contribution in [0.15, 0.2) is 40.0 Å². The lowest BCUT2D eigenvalue weighted by atomic mass is 9.96. The smallest absolute Gasteiger partial charge is 0.261 e. The highest BCUT2D eigenvalue weighted by Crippen LogP contribution is 2.20. The topological polar surface area (TPSA) is 64.2 Å². The largest absolute Gasteiger partial charge is 0.449 e. The Morgan fingerprint density at radius 3 is 2.85 bits per heavy atom. The lowest BCUT2D eigenvalue weighted by molar-refractivity contribution is 0.165. The van der Waals surface area contributed by atoms with Gasteiger partial charge in [0.1, 0.15) is 12.1 Å². The van der Waals surface area contributed by atoms with Crippen LogP contribution in [-0.2, 0) is 13.1 Å². The molecular formula is C19H21FN4O2. The zero-order valence-corrected chi connectivity index (χ0v) is 14.7. The summed E-state index contributed by atoms with van der Waals surface area (Å²) in [6.45, 7) is 5.23. The molecule has 0 spiro atoms. The number of nitrogens with zero attached hydrogens (tertiary/aromatic N) is 4. The Hall–Kier alpha value is -2.54. The summed E-state index contributed by atoms with van der Waals surface area (Å²) in [4.78, 5) is 23.5. The molecule has 0 amide bonds. The number of likely N-dealkylation sites (tertiary alicyclic amines) is 1. The highest BCUT2D eigenvalue weighted by atomic mass is 19.1. The van der Waals surface area contributed by atoms with Gasteiger partial charge in [0, 0.05) is 26.1 Å². The van der Waals surface area contributed by atoms with E-state index in [1.807, 2.05) is 6.92 Å². The van der Waals surface area contributed by atoms with E-state index in [0.29, 0.717) is 29.3 Å². The molecule has 26 heavy (non-hydrogen) atoms. The predicted molar refractivity (Wildman–Crippen MR) is 95.2 cm³/mol. The molecule has 3 aromatic rings. The standard InChI is InChI=1S/C19H21FN4O2/c1-13-22-16(11-26-13)10-23-6-4-14(5-7-23)9-24-12-21-18-8-15(20)2-3-17(18)19(24)25/h2-3,8,11-12,14H,4-7,9-10H2,1H3. The van der Waals surface area contributed by atoms with Crippen molar-refractivity contribution in [1.29, 1.82) is 0 Å². The number of rotatable bonds is 4. The van der Waals surface area contributed by atoms with Gasteiger partial charge in [-0.2, -0.15) is 0 Å². The number of hydrogen-bond donors (Lipinski definition) is 0. The molecule has 0 radical (unpaired) electrons. The van der Waals surface area contributed by atoms with E-state index in [0.717, 1.165) is 38.2 Å². The van der Waals surface area contributed by atoms with Crippen LogP contribution in [0.4, 0.5) is 4.39 Å². The minimum absolute atomic E-state index is 0.101. The number of aromatic nitrogens is 3. The van der Waals surface area contributed by atoms with E-state index in [2.05, 4.69) is 14.9 Å². The fourth-order valence-electron chi connectivity index (χ4n) is 3.58. The fourth-order valence-corrected chi connectivity index (χ4v) is 3.58. The molecule has 0 aliphatic carbocycles. The summed E-state index contributed by atoms with van der Waals surface area (Å²) in [6, 6.07) is 4.12. The molecule has 0 N–H and O–H groups in total. The van der Waals surface area contributed by atoms with Crippen LogP contribution < -0.4 is 5.56 Å². The summed E-state index contributed by atoms with van der Waals surface area (Å²) in [5, 5.41) is 0.465. The second kappa shape index (κ2) is 6.99. The summed E-state index contributed by atoms with van der Waals surface area (Å²) in [5.74, 6) is 0.748. The first kappa shape index (κ1) is 16.9. The number of fused-ring (bicyclic) bond motifs is 1. The van der Waals surface area contributed by atoms with Gasteiger partial charge in [0.2, 0.25) is 0 Å². The minimum atomic E-state index is -0.378. The molecule has 0 saturated carbocycles. The van der Waals surface area contributed by atoms with Crippen molar-refractivity contribution in [2.75, 3.05) is 13.1 Å². The quantitative estimate of drug-likeness (QED) is 0.719. The van der Waals surface area contributed by atoms with E-state index in [1.165, 1.54) is 24.5 Å². The van der Waals surface area contributed by atoms with Crippen LogP contribution in [-0.4, -0.2) is 32.5 Å². The molecule has 4 rings (SSSR count). The van der Waals surface area contributed by atoms with Gasteiger partial charge in [0.25, 0.3) is 5.56 Å². The molecule has 0 atom stereocenters. The van der Waals surface area contributed by atoms with Crippen LogP contribution in [0.5, 0.6) is 0 Å². The average Bonchev–Trinajstić information content (AvgIpc) is 3.04. The molecule has 1 aromatic carbocycles. The highest BCUT2D eigenvalue weighted by molar-refractivity contribution is 5.77. The van der Waals surface area contributed by atoms with Gasteiger partial charge < -0.3 is 4.42 Å². The van der Waals surface area contributed by atoms with E-state index in [-0.39, 0.29) is 11.4 Å². The third-order valence-corrected chi connectivity index (χ3v) is 5.00. The van der Waals surface area contributed by atoms with Crippen molar-refractivity contribution in [1.82, 2.24) is 19.4 Å². The molecule has 1 saturated heterocycles. The van der Waals surface area contributed by atoms with Crippen molar-refractivity contribution in [3.05, 3.63) is 58.5 Å². The van der Waals surface area contributed by atoms with Gasteiger partial charge in [-0.25, -0.2) is 14.4 Å². The van der Waals surface area contributed by atoms with E-state index >= 15 is 0 Å². The highest BCUT2D eigenvalue weighted by Gasteiger charge is 2.21. The Kier molecular flexibility index (Phi) is 4.55. The number of aryl methyl sites for hydroxylation is 1. The fraction of sp³-hybridized carbons (Fsp3) is 0.421. The Labute approximate surface area is 150 Å². The first-order chi connectivity index (χ1) is 12.6. The summed E-state index contributed by atoms with van der Waals surface area (Å²) in [7, 11) is 0. The third kappa shape index (κ3) is 3.53. The van der Waals surface area contributed by atoms with Crippen LogP contribution in [0.3, 0.4) is 0 Å². The average molecular weight is 356 g/mol. The number of oxazole rings is 1. The summed E-state index contributed by atoms with van der Waals surface area (Å²) in [5.41, 5.74) is 1.27. The maximum atomic E-state index is 13.3. The predicted octanol–water partition coefficient (Wildman–Crippen LogP) is 2.74. The van der Waals surface area contributed by atoms with E-state index in [4.69, 9.17) is 4.42 Å². The Balaban J connectivity index is 1.40. The number of halogens is 1. The van der Waals surface area contributed by atoms with Gasteiger partial charge >= 0.3 is 0 Å². The summed E-state index contributed by atoms with van der Waals surface area (Å²) < 4.78 is 20.2. The molecule has 2 aromatic heterocycles. The first-order valence-electron chi connectivity index (χ1n) is 8.86. The van der Waals surface area contributed by atoms with Gasteiger partial charge in [-0.05, 0) is 44.0 Å². The Morgan fingerprint density at radius 2 is 2.12 bits per heavy atom. The molecule has 1 aliphatic rings. The molecule has 1 aliphatic heterocycles. The van der Waals surface area contributed by atoms with Crippen LogP contribution in [0.1, 0.15) is 24.4 Å². The normalized spacial score (nSPS) is 16.4. The number of piperidine rings is 1. The van der Waals surface area contributed by atoms with Gasteiger partial charge in [-0.15, -0.1) is 0 Å². The van der Waals surface area contributed by atoms with Crippen LogP contribution >= 0.6 is 0 Å². The second-order valence-electron chi connectivity index (χ2n) is 6.94. The maximum absolute atomic E-state index is 13.3. The molecule has 1 fully saturated rings. The van der Waals surface area contributed by atoms with Crippen molar-refractivity contribution < 1.29 is 8.81 Å². The van der Waals surface area contributed by atoms with Crippen molar-refractivity contribution in [2.24, 2.45) is 5.92 Å². The van der Waals surface area contributed by atoms with Crippen molar-refractivity contribution in [3.63, 3.8) is 0 Å². The van der Waals surface area contributed by atoms with Gasteiger partial charge in [-0.1, -0.05) is 0 Å². The van der Waals surface area contributed by atoms with E-state index < -0.39 is 0 Å². The van der Waals surface area contributed by atoms with Crippen LogP contribution in [0.25, 0.3) is 10.9 Å². The van der Waals surface area contributed by atoms with Gasteiger partial charge in [0.15, 0.2) is 5.89 Å². The molecule has 0 unspecified atom stereocenters. The van der Waals surface area contributed by atoms with Crippen molar-refractivity contribution in [3.8, 4) is 0 Å². The first-order valence-corrected chi connectivity index (χ1v) is 8.86. The van der Waals surface area contributed by atoms with E-state index in [1.54, 1.807) is 10.8 Å². The van der Waals surface area contributed by atoms with Crippen molar-refractivity contribution in [2.45, 2.75) is 32.9 Å². The molecule has 0 bridgehead atoms. The summed E-state index contributed by atoms with van der Waals surface area (Å²) >= 11 is 0. The zero-order valence-electron chi connectivity index (χ0n) is 14.7. The third-order valence-electron chi connectivity index (χ3n) is 5.00. The molecule has 7 heteroatoms. The number of benzene rings is 1. The van der Waals surface area contributed by atoms with Crippen molar-refractivity contribution >= 4 is 10.9 Å². The van der Waals surface area contributed by atoms with Crippen LogP contribution in [0.2, 0.25) is 0 Å². The SMILES string of the molecule is Cc1nc(CN2CCC(Cn3cnc4cc(F)ccc4c3=O)CC2)co1. The Morgan fingerprint density at radius 1 is 1.31 bits per heavy atom. The Bertz CT molecular complexity index is 973. The van der Waals surface area contributed by atoms with Crippen LogP contribution in [0, 0.1) is 18.7 Å². The van der Waals surface area contributed by atoms with Gasteiger partial charge in [0.05, 0.1) is 22.9 Å². The number of hydrogen-bond acceptors (Lipinski definition) is 5. The molecule has 3 heterocycles. The molecule has 136 valence electrons. The summed E-state index contributed by atoms with van der Waals surface area (Å²) in [6.07, 6.45) is 5.29. The lowest BCUT2D eigenvalue weighted by Gasteiger charge is -2.31.